The van der Waals surface area contributed by atoms with E-state index in [4.69, 9.17) is 5.11 Å². The van der Waals surface area contributed by atoms with E-state index in [0.717, 1.165) is 0 Å². The minimum Gasteiger partial charge on any atom is -0.481 e. The van der Waals surface area contributed by atoms with E-state index < -0.39 is 5.97 Å². The van der Waals surface area contributed by atoms with Crippen LogP contribution in [0.4, 0.5) is 0 Å². The number of hydrogen-bond acceptors (Lipinski definition) is 3. The number of aliphatic carboxylic acids is 1. The molecule has 1 fully saturated rings. The predicted octanol–water partition coefficient (Wildman–Crippen LogP) is 2.52. The summed E-state index contributed by atoms with van der Waals surface area (Å²) in [5, 5.41) is 11.0. The molecule has 0 unspecified atom stereocenters. The number of carbonyl (C=O) groups excluding carboxylic acids is 1. The van der Waals surface area contributed by atoms with E-state index in [9.17, 15) is 9.59 Å². The van der Waals surface area contributed by atoms with Crippen LogP contribution in [0.2, 0.25) is 0 Å². The van der Waals surface area contributed by atoms with Crippen LogP contribution in [0.5, 0.6) is 0 Å². The lowest BCUT2D eigenvalue weighted by Crippen LogP contribution is -2.31. The summed E-state index contributed by atoms with van der Waals surface area (Å²) in [5.74, 6) is -1.15. The van der Waals surface area contributed by atoms with Gasteiger partial charge in [-0.2, -0.15) is 0 Å². The number of thiophene rings is 1. The number of carboxylic acid groups (broad SMARTS) is 1. The Morgan fingerprint density at radius 2 is 2.11 bits per heavy atom. The van der Waals surface area contributed by atoms with E-state index in [2.05, 4.69) is 0 Å². The Morgan fingerprint density at radius 1 is 1.42 bits per heavy atom. The van der Waals surface area contributed by atoms with E-state index >= 15 is 0 Å². The van der Waals surface area contributed by atoms with Crippen LogP contribution in [0.3, 0.4) is 0 Å². The Bertz CT molecular complexity index is 483. The quantitative estimate of drug-likeness (QED) is 0.922. The number of nitrogens with zero attached hydrogens (tertiary/aromatic N) is 1. The van der Waals surface area contributed by atoms with Crippen molar-refractivity contribution in [2.24, 2.45) is 11.8 Å². The Kier molecular flexibility index (Phi) is 4.24. The van der Waals surface area contributed by atoms with Crippen molar-refractivity contribution >= 4 is 23.2 Å². The van der Waals surface area contributed by atoms with Crippen LogP contribution in [0.25, 0.3) is 0 Å². The summed E-state index contributed by atoms with van der Waals surface area (Å²) in [7, 11) is 1.80. The third kappa shape index (κ3) is 3.15. The molecule has 1 heterocycles. The summed E-state index contributed by atoms with van der Waals surface area (Å²) in [4.78, 5) is 26.1. The summed E-state index contributed by atoms with van der Waals surface area (Å²) in [6.07, 6.45) is 1.81. The van der Waals surface area contributed by atoms with Crippen molar-refractivity contribution in [1.82, 2.24) is 4.90 Å². The van der Waals surface area contributed by atoms with Crippen molar-refractivity contribution in [2.75, 3.05) is 7.05 Å². The zero-order valence-corrected chi connectivity index (χ0v) is 12.1. The van der Waals surface area contributed by atoms with Crippen LogP contribution in [0.1, 0.15) is 29.7 Å². The summed E-state index contributed by atoms with van der Waals surface area (Å²) >= 11 is 1.66. The van der Waals surface area contributed by atoms with Gasteiger partial charge in [-0.3, -0.25) is 9.59 Å². The Labute approximate surface area is 117 Å². The first-order chi connectivity index (χ1) is 8.99. The molecule has 1 amide bonds. The predicted molar refractivity (Wildman–Crippen MR) is 74.0 cm³/mol. The van der Waals surface area contributed by atoms with Gasteiger partial charge in [0.05, 0.1) is 12.5 Å². The van der Waals surface area contributed by atoms with Crippen molar-refractivity contribution in [2.45, 2.75) is 32.7 Å². The van der Waals surface area contributed by atoms with E-state index in [0.29, 0.717) is 25.8 Å². The molecule has 0 aromatic carbocycles. The Balaban J connectivity index is 1.93. The molecule has 1 aliphatic carbocycles. The minimum atomic E-state index is -0.771. The third-order valence-electron chi connectivity index (χ3n) is 3.86. The molecule has 19 heavy (non-hydrogen) atoms. The van der Waals surface area contributed by atoms with Gasteiger partial charge in [0.1, 0.15) is 0 Å². The highest BCUT2D eigenvalue weighted by atomic mass is 32.1. The summed E-state index contributed by atoms with van der Waals surface area (Å²) in [6.45, 7) is 2.66. The van der Waals surface area contributed by atoms with Gasteiger partial charge in [-0.05, 0) is 43.2 Å². The lowest BCUT2D eigenvalue weighted by molar-refractivity contribution is -0.141. The van der Waals surface area contributed by atoms with Gasteiger partial charge >= 0.3 is 5.97 Å². The van der Waals surface area contributed by atoms with Gasteiger partial charge in [-0.1, -0.05) is 0 Å². The van der Waals surface area contributed by atoms with Gasteiger partial charge in [0.25, 0.3) is 0 Å². The molecule has 0 spiro atoms. The van der Waals surface area contributed by atoms with Gasteiger partial charge < -0.3 is 10.0 Å². The monoisotopic (exact) mass is 281 g/mol. The maximum absolute atomic E-state index is 12.3. The minimum absolute atomic E-state index is 0.0801. The van der Waals surface area contributed by atoms with Crippen LogP contribution < -0.4 is 0 Å². The largest absolute Gasteiger partial charge is 0.481 e. The smallest absolute Gasteiger partial charge is 0.306 e. The molecule has 0 saturated heterocycles. The fourth-order valence-electron chi connectivity index (χ4n) is 2.60. The molecule has 1 aromatic heterocycles. The molecule has 5 heteroatoms. The molecule has 1 N–H and O–H groups in total. The molecular weight excluding hydrogens is 262 g/mol. The first kappa shape index (κ1) is 14.1. The number of carbonyl (C=O) groups is 2. The van der Waals surface area contributed by atoms with Crippen LogP contribution >= 0.6 is 11.3 Å². The van der Waals surface area contributed by atoms with Crippen molar-refractivity contribution in [3.8, 4) is 0 Å². The fraction of sp³-hybridized carbons (Fsp3) is 0.571. The molecule has 2 rings (SSSR count). The molecule has 4 nitrogen and oxygen atoms in total. The van der Waals surface area contributed by atoms with Crippen LogP contribution in [-0.4, -0.2) is 28.9 Å². The lowest BCUT2D eigenvalue weighted by Gasteiger charge is -2.20. The van der Waals surface area contributed by atoms with Crippen LogP contribution in [-0.2, 0) is 16.1 Å². The molecule has 2 atom stereocenters. The normalized spacial score (nSPS) is 22.4. The van der Waals surface area contributed by atoms with Crippen molar-refractivity contribution in [3.05, 3.63) is 21.9 Å². The Hall–Kier alpha value is -1.36. The van der Waals surface area contributed by atoms with E-state index in [-0.39, 0.29) is 17.7 Å². The van der Waals surface area contributed by atoms with Crippen molar-refractivity contribution < 1.29 is 14.7 Å². The summed E-state index contributed by atoms with van der Waals surface area (Å²) in [6, 6.07) is 2.05. The molecule has 0 radical (unpaired) electrons. The van der Waals surface area contributed by atoms with Gasteiger partial charge in [-0.25, -0.2) is 0 Å². The number of rotatable bonds is 4. The summed E-state index contributed by atoms with van der Waals surface area (Å²) < 4.78 is 0. The molecule has 1 aromatic rings. The molecule has 0 bridgehead atoms. The van der Waals surface area contributed by atoms with Gasteiger partial charge in [-0.15, -0.1) is 11.3 Å². The first-order valence-electron chi connectivity index (χ1n) is 6.49. The van der Waals surface area contributed by atoms with E-state index in [1.165, 1.54) is 10.4 Å². The number of aryl methyl sites for hydroxylation is 1. The third-order valence-corrected chi connectivity index (χ3v) is 4.86. The van der Waals surface area contributed by atoms with Gasteiger partial charge in [0.2, 0.25) is 5.91 Å². The Morgan fingerprint density at radius 3 is 2.63 bits per heavy atom. The molecule has 104 valence electrons. The average Bonchev–Trinajstić information content (AvgIpc) is 2.98. The number of hydrogen-bond donors (Lipinski definition) is 1. The second-order valence-corrected chi connectivity index (χ2v) is 6.27. The average molecular weight is 281 g/mol. The number of carboxylic acids is 1. The highest BCUT2D eigenvalue weighted by Gasteiger charge is 2.35. The standard InChI is InChI=1S/C14H19NO3S/c1-9-5-6-19-12(9)8-15(2)13(16)10-3-4-11(7-10)14(17)18/h5-6,10-11H,3-4,7-8H2,1-2H3,(H,17,18)/t10-,11+/m1/s1. The van der Waals surface area contributed by atoms with Crippen LogP contribution in [0, 0.1) is 18.8 Å². The first-order valence-corrected chi connectivity index (χ1v) is 7.37. The highest BCUT2D eigenvalue weighted by Crippen LogP contribution is 2.32. The molecule has 0 aliphatic heterocycles. The van der Waals surface area contributed by atoms with Gasteiger partial charge in [0.15, 0.2) is 0 Å². The second kappa shape index (κ2) is 5.74. The summed E-state index contributed by atoms with van der Waals surface area (Å²) in [5.41, 5.74) is 1.21. The van der Waals surface area contributed by atoms with Crippen LogP contribution in [0.15, 0.2) is 11.4 Å². The van der Waals surface area contributed by atoms with Crippen molar-refractivity contribution in [1.29, 1.82) is 0 Å². The SMILES string of the molecule is Cc1ccsc1CN(C)C(=O)[C@@H]1CC[C@H](C(=O)O)C1. The zero-order chi connectivity index (χ0) is 14.0. The van der Waals surface area contributed by atoms with E-state index in [1.54, 1.807) is 23.3 Å². The molecular formula is C14H19NO3S. The second-order valence-electron chi connectivity index (χ2n) is 5.27. The van der Waals surface area contributed by atoms with Crippen molar-refractivity contribution in [3.63, 3.8) is 0 Å². The highest BCUT2D eigenvalue weighted by molar-refractivity contribution is 7.10. The molecule has 1 saturated carbocycles. The fourth-order valence-corrected chi connectivity index (χ4v) is 3.56. The maximum Gasteiger partial charge on any atom is 0.306 e. The maximum atomic E-state index is 12.3. The molecule has 1 aliphatic rings. The van der Waals surface area contributed by atoms with E-state index in [1.807, 2.05) is 18.4 Å². The number of amides is 1. The topological polar surface area (TPSA) is 57.6 Å². The van der Waals surface area contributed by atoms with Gasteiger partial charge in [0, 0.05) is 17.8 Å². The lowest BCUT2D eigenvalue weighted by atomic mass is 10.0. The zero-order valence-electron chi connectivity index (χ0n) is 11.3.